The first-order valence-electron chi connectivity index (χ1n) is 7.94. The highest BCUT2D eigenvalue weighted by atomic mass is 32.1. The molecule has 0 spiro atoms. The van der Waals surface area contributed by atoms with Gasteiger partial charge in [0.05, 0.1) is 12.1 Å². The molecule has 0 aromatic heterocycles. The molecular formula is C17H26N2OS. The first-order valence-corrected chi connectivity index (χ1v) is 8.34. The molecule has 2 unspecified atom stereocenters. The van der Waals surface area contributed by atoms with Gasteiger partial charge in [-0.25, -0.2) is 0 Å². The molecule has 2 atom stereocenters. The Morgan fingerprint density at radius 3 is 2.76 bits per heavy atom. The van der Waals surface area contributed by atoms with Crippen LogP contribution in [-0.2, 0) is 11.2 Å². The molecule has 0 saturated carbocycles. The van der Waals surface area contributed by atoms with Crippen LogP contribution in [0, 0.1) is 0 Å². The van der Waals surface area contributed by atoms with Gasteiger partial charge < -0.3 is 15.4 Å². The number of thiocarbonyl (C=S) groups is 1. The van der Waals surface area contributed by atoms with E-state index >= 15 is 0 Å². The number of hydrogen-bond donors (Lipinski definition) is 2. The topological polar surface area (TPSA) is 33.3 Å². The second-order valence-electron chi connectivity index (χ2n) is 5.70. The number of rotatable bonds is 6. The van der Waals surface area contributed by atoms with Crippen LogP contribution in [0.4, 0.5) is 0 Å². The summed E-state index contributed by atoms with van der Waals surface area (Å²) < 4.78 is 5.58. The van der Waals surface area contributed by atoms with Crippen LogP contribution in [0.5, 0.6) is 0 Å². The highest BCUT2D eigenvalue weighted by Crippen LogP contribution is 2.14. The Labute approximate surface area is 133 Å². The van der Waals surface area contributed by atoms with Gasteiger partial charge in [-0.1, -0.05) is 37.6 Å². The highest BCUT2D eigenvalue weighted by molar-refractivity contribution is 7.80. The van der Waals surface area contributed by atoms with Crippen molar-refractivity contribution in [3.05, 3.63) is 35.4 Å². The van der Waals surface area contributed by atoms with Crippen LogP contribution in [0.1, 0.15) is 50.3 Å². The van der Waals surface area contributed by atoms with Crippen LogP contribution in [0.15, 0.2) is 24.3 Å². The monoisotopic (exact) mass is 306 g/mol. The van der Waals surface area contributed by atoms with Gasteiger partial charge in [0.15, 0.2) is 5.11 Å². The van der Waals surface area contributed by atoms with Gasteiger partial charge in [0.25, 0.3) is 0 Å². The summed E-state index contributed by atoms with van der Waals surface area (Å²) in [5.74, 6) is 0. The van der Waals surface area contributed by atoms with Crippen molar-refractivity contribution < 1.29 is 4.74 Å². The quantitative estimate of drug-likeness (QED) is 0.790. The van der Waals surface area contributed by atoms with Crippen molar-refractivity contribution in [3.8, 4) is 0 Å². The predicted octanol–water partition coefficient (Wildman–Crippen LogP) is 3.34. The maximum atomic E-state index is 5.58. The molecule has 1 saturated heterocycles. The molecule has 0 amide bonds. The fourth-order valence-corrected chi connectivity index (χ4v) is 2.86. The number of ether oxygens (including phenoxy) is 1. The fraction of sp³-hybridized carbons (Fsp3) is 0.588. The summed E-state index contributed by atoms with van der Waals surface area (Å²) in [5.41, 5.74) is 2.66. The number of aryl methyl sites for hydroxylation is 1. The third-order valence-corrected chi connectivity index (χ3v) is 4.14. The van der Waals surface area contributed by atoms with Crippen molar-refractivity contribution in [1.29, 1.82) is 0 Å². The van der Waals surface area contributed by atoms with Crippen molar-refractivity contribution in [3.63, 3.8) is 0 Å². The summed E-state index contributed by atoms with van der Waals surface area (Å²) in [7, 11) is 0. The normalized spacial score (nSPS) is 19.2. The summed E-state index contributed by atoms with van der Waals surface area (Å²) in [6, 6.07) is 9.00. The SMILES string of the molecule is CCCc1ccc(C(C)NC(=S)NCC2CCCO2)cc1. The molecule has 1 fully saturated rings. The summed E-state index contributed by atoms with van der Waals surface area (Å²) in [5, 5.41) is 7.29. The minimum Gasteiger partial charge on any atom is -0.376 e. The lowest BCUT2D eigenvalue weighted by Gasteiger charge is -2.19. The summed E-state index contributed by atoms with van der Waals surface area (Å²) >= 11 is 5.35. The van der Waals surface area contributed by atoms with Crippen molar-refractivity contribution in [2.75, 3.05) is 13.2 Å². The summed E-state index contributed by atoms with van der Waals surface area (Å²) in [6.07, 6.45) is 4.93. The third kappa shape index (κ3) is 5.29. The van der Waals surface area contributed by atoms with E-state index in [2.05, 4.69) is 48.7 Å². The molecule has 0 aliphatic carbocycles. The van der Waals surface area contributed by atoms with Gasteiger partial charge in [0, 0.05) is 13.2 Å². The Hall–Kier alpha value is -1.13. The standard InChI is InChI=1S/C17H26N2OS/c1-3-5-14-7-9-15(10-8-14)13(2)19-17(21)18-12-16-6-4-11-20-16/h7-10,13,16H,3-6,11-12H2,1-2H3,(H2,18,19,21). The van der Waals surface area contributed by atoms with Crippen LogP contribution in [0.25, 0.3) is 0 Å². The van der Waals surface area contributed by atoms with Gasteiger partial charge in [0.1, 0.15) is 0 Å². The Balaban J connectivity index is 1.76. The number of benzene rings is 1. The van der Waals surface area contributed by atoms with Crippen molar-refractivity contribution >= 4 is 17.3 Å². The molecular weight excluding hydrogens is 280 g/mol. The maximum Gasteiger partial charge on any atom is 0.166 e. The molecule has 0 bridgehead atoms. The van der Waals surface area contributed by atoms with Crippen molar-refractivity contribution in [1.82, 2.24) is 10.6 Å². The molecule has 1 aliphatic rings. The first-order chi connectivity index (χ1) is 10.2. The van der Waals surface area contributed by atoms with Crippen LogP contribution in [-0.4, -0.2) is 24.4 Å². The Kier molecular flexibility index (Phi) is 6.46. The molecule has 116 valence electrons. The minimum absolute atomic E-state index is 0.213. The molecule has 3 nitrogen and oxygen atoms in total. The van der Waals surface area contributed by atoms with Gasteiger partial charge in [-0.3, -0.25) is 0 Å². The van der Waals surface area contributed by atoms with Crippen LogP contribution < -0.4 is 10.6 Å². The number of hydrogen-bond acceptors (Lipinski definition) is 2. The fourth-order valence-electron chi connectivity index (χ4n) is 2.60. The van der Waals surface area contributed by atoms with E-state index in [-0.39, 0.29) is 6.04 Å². The van der Waals surface area contributed by atoms with Gasteiger partial charge in [-0.15, -0.1) is 0 Å². The predicted molar refractivity (Wildman–Crippen MR) is 91.6 cm³/mol. The average Bonchev–Trinajstić information content (AvgIpc) is 2.99. The Morgan fingerprint density at radius 1 is 1.38 bits per heavy atom. The second-order valence-corrected chi connectivity index (χ2v) is 6.11. The van der Waals surface area contributed by atoms with E-state index in [1.165, 1.54) is 17.5 Å². The lowest BCUT2D eigenvalue weighted by molar-refractivity contribution is 0.114. The van der Waals surface area contributed by atoms with E-state index in [0.717, 1.165) is 32.4 Å². The maximum absolute atomic E-state index is 5.58. The van der Waals surface area contributed by atoms with Gasteiger partial charge in [0.2, 0.25) is 0 Å². The highest BCUT2D eigenvalue weighted by Gasteiger charge is 2.15. The zero-order valence-electron chi connectivity index (χ0n) is 13.0. The van der Waals surface area contributed by atoms with Crippen LogP contribution in [0.2, 0.25) is 0 Å². The molecule has 4 heteroatoms. The lowest BCUT2D eigenvalue weighted by Crippen LogP contribution is -2.40. The Morgan fingerprint density at radius 2 is 2.14 bits per heavy atom. The zero-order valence-corrected chi connectivity index (χ0v) is 13.8. The van der Waals surface area contributed by atoms with E-state index in [1.807, 2.05) is 0 Å². The smallest absolute Gasteiger partial charge is 0.166 e. The van der Waals surface area contributed by atoms with E-state index < -0.39 is 0 Å². The van der Waals surface area contributed by atoms with Gasteiger partial charge in [-0.05, 0) is 49.5 Å². The minimum atomic E-state index is 0.213. The number of nitrogens with one attached hydrogen (secondary N) is 2. The third-order valence-electron chi connectivity index (χ3n) is 3.88. The Bertz CT molecular complexity index is 441. The largest absolute Gasteiger partial charge is 0.376 e. The molecule has 1 heterocycles. The average molecular weight is 306 g/mol. The van der Waals surface area contributed by atoms with E-state index in [9.17, 15) is 0 Å². The molecule has 2 N–H and O–H groups in total. The first kappa shape index (κ1) is 16.2. The summed E-state index contributed by atoms with van der Waals surface area (Å²) in [4.78, 5) is 0. The van der Waals surface area contributed by atoms with Gasteiger partial charge in [-0.2, -0.15) is 0 Å². The van der Waals surface area contributed by atoms with Crippen molar-refractivity contribution in [2.24, 2.45) is 0 Å². The molecule has 1 aromatic carbocycles. The lowest BCUT2D eigenvalue weighted by atomic mass is 10.0. The molecule has 0 radical (unpaired) electrons. The molecule has 2 rings (SSSR count). The van der Waals surface area contributed by atoms with E-state index in [4.69, 9.17) is 17.0 Å². The van der Waals surface area contributed by atoms with Gasteiger partial charge >= 0.3 is 0 Å². The van der Waals surface area contributed by atoms with E-state index in [1.54, 1.807) is 0 Å². The molecule has 21 heavy (non-hydrogen) atoms. The molecule has 1 aromatic rings. The van der Waals surface area contributed by atoms with Crippen LogP contribution >= 0.6 is 12.2 Å². The zero-order chi connectivity index (χ0) is 15.1. The van der Waals surface area contributed by atoms with E-state index in [0.29, 0.717) is 11.2 Å². The van der Waals surface area contributed by atoms with Crippen LogP contribution in [0.3, 0.4) is 0 Å². The molecule has 1 aliphatic heterocycles. The second kappa shape index (κ2) is 8.35. The summed E-state index contributed by atoms with van der Waals surface area (Å²) in [6.45, 7) is 6.02. The van der Waals surface area contributed by atoms with Crippen molar-refractivity contribution in [2.45, 2.75) is 51.7 Å².